The van der Waals surface area contributed by atoms with Crippen LogP contribution in [-0.2, 0) is 0 Å². The predicted octanol–water partition coefficient (Wildman–Crippen LogP) is 3.56. The van der Waals surface area contributed by atoms with E-state index in [0.29, 0.717) is 0 Å². The Morgan fingerprint density at radius 3 is 2.10 bits per heavy atom. The van der Waals surface area contributed by atoms with E-state index in [9.17, 15) is 0 Å². The first kappa shape index (κ1) is 8.71. The molecule has 10 heavy (non-hydrogen) atoms. The van der Waals surface area contributed by atoms with Crippen molar-refractivity contribution in [2.24, 2.45) is 0 Å². The van der Waals surface area contributed by atoms with E-state index in [1.165, 1.54) is 9.79 Å². The standard InChI is InChI=1S/C6H4S3.H2S/c1-2-5-4-6(3-1)8-9-7-5;/h1-4H;1H2. The fraction of sp³-hybridized carbons (Fsp3) is 0. The fourth-order valence-electron chi connectivity index (χ4n) is 0.673. The molecular weight excluding hydrogens is 200 g/mol. The molecule has 1 aromatic carbocycles. The second kappa shape index (κ2) is 3.85. The summed E-state index contributed by atoms with van der Waals surface area (Å²) in [5.74, 6) is 0. The molecule has 0 unspecified atom stereocenters. The number of fused-ring (bicyclic) bond motifs is 2. The zero-order chi connectivity index (χ0) is 6.10. The van der Waals surface area contributed by atoms with Gasteiger partial charge in [-0.1, -0.05) is 6.07 Å². The van der Waals surface area contributed by atoms with Crippen LogP contribution in [0.25, 0.3) is 0 Å². The summed E-state index contributed by atoms with van der Waals surface area (Å²) < 4.78 is 0. The van der Waals surface area contributed by atoms with Crippen molar-refractivity contribution in [1.82, 2.24) is 0 Å². The molecule has 0 nitrogen and oxygen atoms in total. The summed E-state index contributed by atoms with van der Waals surface area (Å²) in [6.07, 6.45) is 0. The van der Waals surface area contributed by atoms with Crippen molar-refractivity contribution in [2.45, 2.75) is 9.79 Å². The SMILES string of the molecule is S.c1cc2cc(c1)SSS2. The number of benzene rings is 1. The van der Waals surface area contributed by atoms with Crippen LogP contribution in [-0.4, -0.2) is 0 Å². The van der Waals surface area contributed by atoms with Gasteiger partial charge in [0, 0.05) is 9.79 Å². The molecule has 0 aromatic heterocycles. The monoisotopic (exact) mass is 206 g/mol. The third kappa shape index (κ3) is 1.81. The third-order valence-corrected chi connectivity index (χ3v) is 4.88. The van der Waals surface area contributed by atoms with Gasteiger partial charge in [0.2, 0.25) is 0 Å². The van der Waals surface area contributed by atoms with Gasteiger partial charge in [-0.2, -0.15) is 13.5 Å². The van der Waals surface area contributed by atoms with E-state index in [2.05, 4.69) is 24.3 Å². The zero-order valence-electron chi connectivity index (χ0n) is 5.03. The maximum atomic E-state index is 2.21. The summed E-state index contributed by atoms with van der Waals surface area (Å²) in [6, 6.07) is 8.60. The van der Waals surface area contributed by atoms with E-state index in [1.807, 2.05) is 31.4 Å². The van der Waals surface area contributed by atoms with Crippen LogP contribution in [0.3, 0.4) is 0 Å². The van der Waals surface area contributed by atoms with Crippen LogP contribution < -0.4 is 0 Å². The molecule has 0 saturated carbocycles. The Bertz CT molecular complexity index is 203. The number of hydrogen-bond donors (Lipinski definition) is 0. The Balaban J connectivity index is 0.000000500. The molecule has 1 aliphatic heterocycles. The Morgan fingerprint density at radius 2 is 1.60 bits per heavy atom. The van der Waals surface area contributed by atoms with Gasteiger partial charge in [-0.05, 0) is 49.6 Å². The largest absolute Gasteiger partial charge is 0.197 e. The first-order chi connectivity index (χ1) is 4.45. The van der Waals surface area contributed by atoms with Gasteiger partial charge in [-0.15, -0.1) is 0 Å². The van der Waals surface area contributed by atoms with Crippen LogP contribution in [0.5, 0.6) is 0 Å². The quantitative estimate of drug-likeness (QED) is 0.596. The number of hydrogen-bond acceptors (Lipinski definition) is 3. The van der Waals surface area contributed by atoms with Crippen molar-refractivity contribution in [1.29, 1.82) is 0 Å². The lowest BCUT2D eigenvalue weighted by Gasteiger charge is -2.07. The molecule has 0 aliphatic carbocycles. The van der Waals surface area contributed by atoms with Gasteiger partial charge in [0.25, 0.3) is 0 Å². The zero-order valence-corrected chi connectivity index (χ0v) is 8.48. The molecular formula is C6H6S4. The Kier molecular flexibility index (Phi) is 3.36. The van der Waals surface area contributed by atoms with Gasteiger partial charge >= 0.3 is 0 Å². The van der Waals surface area contributed by atoms with E-state index in [4.69, 9.17) is 0 Å². The molecule has 0 amide bonds. The molecule has 1 aliphatic rings. The van der Waals surface area contributed by atoms with Crippen LogP contribution in [0.1, 0.15) is 0 Å². The third-order valence-electron chi connectivity index (χ3n) is 1.07. The van der Waals surface area contributed by atoms with Crippen molar-refractivity contribution in [3.8, 4) is 0 Å². The summed E-state index contributed by atoms with van der Waals surface area (Å²) in [5.41, 5.74) is 0. The maximum Gasteiger partial charge on any atom is 0.0202 e. The Labute approximate surface area is 78.8 Å². The fourth-order valence-corrected chi connectivity index (χ4v) is 4.47. The normalized spacial score (nSPS) is 14.0. The number of rotatable bonds is 0. The molecule has 0 atom stereocenters. The Morgan fingerprint density at radius 1 is 1.00 bits per heavy atom. The first-order valence-corrected chi connectivity index (χ1v) is 6.05. The molecule has 0 saturated heterocycles. The lowest BCUT2D eigenvalue weighted by atomic mass is 10.4. The van der Waals surface area contributed by atoms with Gasteiger partial charge in [-0.25, -0.2) is 0 Å². The van der Waals surface area contributed by atoms with Crippen molar-refractivity contribution >= 4 is 44.9 Å². The van der Waals surface area contributed by atoms with Gasteiger partial charge < -0.3 is 0 Å². The van der Waals surface area contributed by atoms with Gasteiger partial charge in [0.05, 0.1) is 0 Å². The molecule has 4 heteroatoms. The lowest BCUT2D eigenvalue weighted by Crippen LogP contribution is -1.73. The topological polar surface area (TPSA) is 0 Å². The summed E-state index contributed by atoms with van der Waals surface area (Å²) in [5, 5.41) is 0. The highest BCUT2D eigenvalue weighted by molar-refractivity contribution is 9.09. The summed E-state index contributed by atoms with van der Waals surface area (Å²) >= 11 is 0. The van der Waals surface area contributed by atoms with Gasteiger partial charge in [0.15, 0.2) is 0 Å². The van der Waals surface area contributed by atoms with Crippen molar-refractivity contribution in [3.63, 3.8) is 0 Å². The minimum Gasteiger partial charge on any atom is -0.197 e. The maximum absolute atomic E-state index is 2.21. The van der Waals surface area contributed by atoms with Gasteiger partial charge in [-0.3, -0.25) is 0 Å². The second-order valence-electron chi connectivity index (χ2n) is 1.71. The Hall–Kier alpha value is 0.620. The highest BCUT2D eigenvalue weighted by Crippen LogP contribution is 2.49. The van der Waals surface area contributed by atoms with Crippen molar-refractivity contribution in [2.75, 3.05) is 0 Å². The second-order valence-corrected chi connectivity index (χ2v) is 5.75. The van der Waals surface area contributed by atoms with Crippen molar-refractivity contribution < 1.29 is 0 Å². The van der Waals surface area contributed by atoms with E-state index in [0.717, 1.165) is 0 Å². The van der Waals surface area contributed by atoms with Crippen molar-refractivity contribution in [3.05, 3.63) is 24.3 Å². The van der Waals surface area contributed by atoms with E-state index >= 15 is 0 Å². The molecule has 2 bridgehead atoms. The average Bonchev–Trinajstić information content (AvgIpc) is 1.88. The van der Waals surface area contributed by atoms with Gasteiger partial charge in [0.1, 0.15) is 0 Å². The average molecular weight is 206 g/mol. The molecule has 0 N–H and O–H groups in total. The molecule has 54 valence electrons. The molecule has 2 rings (SSSR count). The van der Waals surface area contributed by atoms with Crippen LogP contribution in [0.2, 0.25) is 0 Å². The predicted molar refractivity (Wildman–Crippen MR) is 56.1 cm³/mol. The first-order valence-electron chi connectivity index (χ1n) is 2.56. The summed E-state index contributed by atoms with van der Waals surface area (Å²) in [4.78, 5) is 2.74. The van der Waals surface area contributed by atoms with Crippen LogP contribution in [0.15, 0.2) is 34.1 Å². The highest BCUT2D eigenvalue weighted by Gasteiger charge is 2.04. The molecule has 0 radical (unpaired) electrons. The molecule has 1 aromatic rings. The van der Waals surface area contributed by atoms with Crippen LogP contribution >= 0.6 is 44.9 Å². The molecule has 0 fully saturated rings. The highest BCUT2D eigenvalue weighted by atomic mass is 33.5. The summed E-state index contributed by atoms with van der Waals surface area (Å²) in [7, 11) is 5.50. The molecule has 1 heterocycles. The van der Waals surface area contributed by atoms with E-state index in [-0.39, 0.29) is 13.5 Å². The molecule has 0 spiro atoms. The lowest BCUT2D eigenvalue weighted by molar-refractivity contribution is 1.34. The minimum atomic E-state index is 0. The van der Waals surface area contributed by atoms with Crippen LogP contribution in [0, 0.1) is 0 Å². The smallest absolute Gasteiger partial charge is 0.0202 e. The van der Waals surface area contributed by atoms with E-state index in [1.54, 1.807) is 0 Å². The minimum absolute atomic E-state index is 0. The summed E-state index contributed by atoms with van der Waals surface area (Å²) in [6.45, 7) is 0. The van der Waals surface area contributed by atoms with Crippen LogP contribution in [0.4, 0.5) is 0 Å². The van der Waals surface area contributed by atoms with E-state index < -0.39 is 0 Å².